The number of carbonyl (C=O) groups is 2. The van der Waals surface area contributed by atoms with Gasteiger partial charge in [-0.1, -0.05) is 12.1 Å². The lowest BCUT2D eigenvalue weighted by atomic mass is 9.92. The average Bonchev–Trinajstić information content (AvgIpc) is 3.23. The summed E-state index contributed by atoms with van der Waals surface area (Å²) in [4.78, 5) is 30.7. The van der Waals surface area contributed by atoms with Gasteiger partial charge in [0, 0.05) is 5.56 Å². The van der Waals surface area contributed by atoms with Crippen molar-refractivity contribution in [1.82, 2.24) is 19.8 Å². The van der Waals surface area contributed by atoms with Gasteiger partial charge in [-0.2, -0.15) is 8.78 Å². The molecule has 1 aromatic carbocycles. The predicted octanol–water partition coefficient (Wildman–Crippen LogP) is 3.61. The maximum Gasteiger partial charge on any atom is 0.325 e. The molecule has 1 aliphatic heterocycles. The normalized spacial score (nSPS) is 19.9. The molecule has 0 bridgehead atoms. The summed E-state index contributed by atoms with van der Waals surface area (Å²) < 4.78 is 33.5. The van der Waals surface area contributed by atoms with Crippen molar-refractivity contribution in [2.24, 2.45) is 0 Å². The summed E-state index contributed by atoms with van der Waals surface area (Å²) in [5, 5.41) is 2.66. The fourth-order valence-electron chi connectivity index (χ4n) is 3.72. The molecule has 0 unspecified atom stereocenters. The van der Waals surface area contributed by atoms with Gasteiger partial charge in [0.1, 0.15) is 22.9 Å². The molecule has 2 aromatic heterocycles. The number of fused-ring (bicyclic) bond motifs is 1. The third kappa shape index (κ3) is 2.57. The zero-order valence-electron chi connectivity index (χ0n) is 15.5. The van der Waals surface area contributed by atoms with E-state index in [0.717, 1.165) is 9.47 Å². The SMILES string of the molecule is Cc1cc([C@]2(C)NC(=O)N(Cc3nc4ccccc4n3C(F)F)C2=O)c(C)o1. The number of para-hydroxylation sites is 2. The van der Waals surface area contributed by atoms with Crippen LogP contribution in [0.1, 0.15) is 36.4 Å². The highest BCUT2D eigenvalue weighted by Gasteiger charge is 2.51. The van der Waals surface area contributed by atoms with Crippen molar-refractivity contribution in [2.75, 3.05) is 0 Å². The topological polar surface area (TPSA) is 80.4 Å². The van der Waals surface area contributed by atoms with Crippen molar-refractivity contribution in [1.29, 1.82) is 0 Å². The fraction of sp³-hybridized carbons (Fsp3) is 0.316. The van der Waals surface area contributed by atoms with Gasteiger partial charge in [-0.25, -0.2) is 9.78 Å². The predicted molar refractivity (Wildman–Crippen MR) is 95.6 cm³/mol. The van der Waals surface area contributed by atoms with E-state index in [0.29, 0.717) is 22.6 Å². The fourth-order valence-corrected chi connectivity index (χ4v) is 3.72. The molecule has 9 heteroatoms. The molecular formula is C19H18F2N4O3. The summed E-state index contributed by atoms with van der Waals surface area (Å²) >= 11 is 0. The Morgan fingerprint density at radius 3 is 2.61 bits per heavy atom. The van der Waals surface area contributed by atoms with Crippen LogP contribution in [-0.4, -0.2) is 26.4 Å². The summed E-state index contributed by atoms with van der Waals surface area (Å²) in [6, 6.07) is 7.45. The smallest absolute Gasteiger partial charge is 0.325 e. The monoisotopic (exact) mass is 388 g/mol. The maximum atomic E-state index is 13.6. The molecule has 0 aliphatic carbocycles. The first-order chi connectivity index (χ1) is 13.2. The lowest BCUT2D eigenvalue weighted by Crippen LogP contribution is -2.41. The van der Waals surface area contributed by atoms with E-state index in [1.807, 2.05) is 0 Å². The number of aromatic nitrogens is 2. The van der Waals surface area contributed by atoms with Gasteiger partial charge >= 0.3 is 12.6 Å². The number of rotatable bonds is 4. The first kappa shape index (κ1) is 18.1. The molecule has 0 spiro atoms. The number of nitrogens with zero attached hydrogens (tertiary/aromatic N) is 3. The van der Waals surface area contributed by atoms with E-state index in [-0.39, 0.29) is 17.9 Å². The number of amides is 3. The molecule has 0 saturated carbocycles. The Balaban J connectivity index is 1.73. The number of imide groups is 1. The number of alkyl halides is 2. The number of urea groups is 1. The summed E-state index contributed by atoms with van der Waals surface area (Å²) in [6.45, 7) is 1.79. The van der Waals surface area contributed by atoms with Crippen LogP contribution in [0, 0.1) is 13.8 Å². The van der Waals surface area contributed by atoms with E-state index >= 15 is 0 Å². The Labute approximate surface area is 158 Å². The number of hydrogen-bond donors (Lipinski definition) is 1. The molecule has 1 aliphatic rings. The molecule has 3 aromatic rings. The summed E-state index contributed by atoms with van der Waals surface area (Å²) in [6.07, 6.45) is 0. The zero-order valence-corrected chi connectivity index (χ0v) is 15.5. The lowest BCUT2D eigenvalue weighted by Gasteiger charge is -2.21. The second kappa shape index (κ2) is 6.15. The highest BCUT2D eigenvalue weighted by Crippen LogP contribution is 2.34. The summed E-state index contributed by atoms with van der Waals surface area (Å²) in [5.74, 6) is 0.502. The van der Waals surface area contributed by atoms with Crippen molar-refractivity contribution in [3.8, 4) is 0 Å². The second-order valence-corrected chi connectivity index (χ2v) is 6.94. The Hall–Kier alpha value is -3.23. The van der Waals surface area contributed by atoms with Crippen molar-refractivity contribution in [2.45, 2.75) is 39.4 Å². The van der Waals surface area contributed by atoms with Crippen LogP contribution < -0.4 is 5.32 Å². The molecule has 1 atom stereocenters. The Kier molecular flexibility index (Phi) is 3.99. The number of hydrogen-bond acceptors (Lipinski definition) is 4. The molecule has 1 saturated heterocycles. The lowest BCUT2D eigenvalue weighted by molar-refractivity contribution is -0.131. The van der Waals surface area contributed by atoms with Crippen molar-refractivity contribution in [3.05, 3.63) is 53.2 Å². The summed E-state index contributed by atoms with van der Waals surface area (Å²) in [5.41, 5.74) is -0.189. The zero-order chi connectivity index (χ0) is 20.2. The maximum absolute atomic E-state index is 13.6. The van der Waals surface area contributed by atoms with Gasteiger partial charge in [0.05, 0.1) is 17.6 Å². The molecule has 3 heterocycles. The minimum Gasteiger partial charge on any atom is -0.466 e. The quantitative estimate of drug-likeness (QED) is 0.693. The highest BCUT2D eigenvalue weighted by molar-refractivity contribution is 6.07. The molecule has 1 fully saturated rings. The van der Waals surface area contributed by atoms with Crippen LogP contribution in [-0.2, 0) is 16.9 Å². The first-order valence-corrected chi connectivity index (χ1v) is 8.68. The standard InChI is InChI=1S/C19H18F2N4O3/c1-10-8-12(11(2)28-10)19(3)16(26)24(18(27)23-19)9-15-22-13-6-4-5-7-14(13)25(15)17(20)21/h4-8,17H,9H2,1-3H3,(H,23,27)/t19-/m0/s1. The third-order valence-corrected chi connectivity index (χ3v) is 5.02. The largest absolute Gasteiger partial charge is 0.466 e. The van der Waals surface area contributed by atoms with E-state index in [9.17, 15) is 18.4 Å². The van der Waals surface area contributed by atoms with Crippen LogP contribution in [0.25, 0.3) is 11.0 Å². The molecule has 4 rings (SSSR count). The molecule has 0 radical (unpaired) electrons. The molecule has 7 nitrogen and oxygen atoms in total. The molecule has 28 heavy (non-hydrogen) atoms. The van der Waals surface area contributed by atoms with Gasteiger partial charge in [-0.15, -0.1) is 0 Å². The van der Waals surface area contributed by atoms with Crippen molar-refractivity contribution in [3.63, 3.8) is 0 Å². The summed E-state index contributed by atoms with van der Waals surface area (Å²) in [7, 11) is 0. The number of carbonyl (C=O) groups excluding carboxylic acids is 2. The van der Waals surface area contributed by atoms with Crippen LogP contribution in [0.5, 0.6) is 0 Å². The van der Waals surface area contributed by atoms with E-state index in [1.54, 1.807) is 45.0 Å². The number of imidazole rings is 1. The number of aryl methyl sites for hydroxylation is 2. The first-order valence-electron chi connectivity index (χ1n) is 8.68. The van der Waals surface area contributed by atoms with Gasteiger partial charge in [-0.3, -0.25) is 14.3 Å². The molecule has 3 amide bonds. The second-order valence-electron chi connectivity index (χ2n) is 6.94. The number of nitrogens with one attached hydrogen (secondary N) is 1. The van der Waals surface area contributed by atoms with Crippen LogP contribution in [0.3, 0.4) is 0 Å². The van der Waals surface area contributed by atoms with Crippen LogP contribution >= 0.6 is 0 Å². The van der Waals surface area contributed by atoms with E-state index in [4.69, 9.17) is 4.42 Å². The number of furan rings is 1. The molecule has 146 valence electrons. The van der Waals surface area contributed by atoms with Crippen LogP contribution in [0.4, 0.5) is 13.6 Å². The van der Waals surface area contributed by atoms with Crippen molar-refractivity contribution < 1.29 is 22.8 Å². The molecule has 1 N–H and O–H groups in total. The van der Waals surface area contributed by atoms with E-state index in [1.165, 1.54) is 6.07 Å². The third-order valence-electron chi connectivity index (χ3n) is 5.02. The van der Waals surface area contributed by atoms with E-state index < -0.39 is 24.0 Å². The van der Waals surface area contributed by atoms with Gasteiger partial charge in [-0.05, 0) is 39.0 Å². The van der Waals surface area contributed by atoms with Gasteiger partial charge < -0.3 is 9.73 Å². The van der Waals surface area contributed by atoms with E-state index in [2.05, 4.69) is 10.3 Å². The Morgan fingerprint density at radius 2 is 1.96 bits per heavy atom. The van der Waals surface area contributed by atoms with Crippen LogP contribution in [0.15, 0.2) is 34.7 Å². The molecular weight excluding hydrogens is 370 g/mol. The minimum atomic E-state index is -2.85. The van der Waals surface area contributed by atoms with Gasteiger partial charge in [0.15, 0.2) is 0 Å². The minimum absolute atomic E-state index is 0.0657. The van der Waals surface area contributed by atoms with Crippen LogP contribution in [0.2, 0.25) is 0 Å². The van der Waals surface area contributed by atoms with Gasteiger partial charge in [0.2, 0.25) is 0 Å². The highest BCUT2D eigenvalue weighted by atomic mass is 19.3. The number of benzene rings is 1. The van der Waals surface area contributed by atoms with Gasteiger partial charge in [0.25, 0.3) is 5.91 Å². The average molecular weight is 388 g/mol. The Bertz CT molecular complexity index is 1100. The Morgan fingerprint density at radius 1 is 1.25 bits per heavy atom. The van der Waals surface area contributed by atoms with Crippen molar-refractivity contribution >= 4 is 23.0 Å². The number of halogens is 2.